The molecule has 2 rings (SSSR count). The molecule has 2 aliphatic carbocycles. The number of hydrogen-bond acceptors (Lipinski definition) is 0. The van der Waals surface area contributed by atoms with Crippen molar-refractivity contribution in [2.45, 2.75) is 46.0 Å². The Morgan fingerprint density at radius 2 is 2.18 bits per heavy atom. The second-order valence-corrected chi connectivity index (χ2v) is 4.75. The molecule has 0 aromatic carbocycles. The summed E-state index contributed by atoms with van der Waals surface area (Å²) in [6.07, 6.45) is 7.61. The van der Waals surface area contributed by atoms with Crippen molar-refractivity contribution >= 4 is 0 Å². The molecular weight excluding hydrogens is 132 g/mol. The van der Waals surface area contributed by atoms with Gasteiger partial charge in [0, 0.05) is 0 Å². The Morgan fingerprint density at radius 3 is 2.64 bits per heavy atom. The number of fused-ring (bicyclic) bond motifs is 1. The molecule has 0 bridgehead atoms. The van der Waals surface area contributed by atoms with E-state index in [9.17, 15) is 0 Å². The molecule has 0 aromatic heterocycles. The second kappa shape index (κ2) is 2.80. The Kier molecular flexibility index (Phi) is 1.95. The van der Waals surface area contributed by atoms with Gasteiger partial charge in [-0.15, -0.1) is 0 Å². The molecule has 0 nitrogen and oxygen atoms in total. The molecule has 0 aromatic rings. The Bertz CT molecular complexity index is 139. The van der Waals surface area contributed by atoms with Crippen LogP contribution in [0.25, 0.3) is 0 Å². The summed E-state index contributed by atoms with van der Waals surface area (Å²) in [7, 11) is 0. The van der Waals surface area contributed by atoms with Gasteiger partial charge in [0.15, 0.2) is 0 Å². The average Bonchev–Trinajstić information content (AvgIpc) is 2.70. The summed E-state index contributed by atoms with van der Waals surface area (Å²) in [5.74, 6) is 4.49. The van der Waals surface area contributed by atoms with Gasteiger partial charge in [-0.2, -0.15) is 0 Å². The lowest BCUT2D eigenvalue weighted by Crippen LogP contribution is -2.04. The summed E-state index contributed by atoms with van der Waals surface area (Å²) in [6, 6.07) is 0. The zero-order valence-corrected chi connectivity index (χ0v) is 7.84. The topological polar surface area (TPSA) is 0 Å². The fourth-order valence-electron chi connectivity index (χ4n) is 2.80. The molecule has 64 valence electrons. The van der Waals surface area contributed by atoms with Gasteiger partial charge in [0.25, 0.3) is 0 Å². The molecule has 4 unspecified atom stereocenters. The lowest BCUT2D eigenvalue weighted by atomic mass is 9.90. The summed E-state index contributed by atoms with van der Waals surface area (Å²) in [5, 5.41) is 0. The van der Waals surface area contributed by atoms with Crippen molar-refractivity contribution in [3.8, 4) is 0 Å². The molecule has 11 heavy (non-hydrogen) atoms. The second-order valence-electron chi connectivity index (χ2n) is 4.75. The molecule has 0 heterocycles. The SMILES string of the molecule is CCC(C)CC1CCC2CC12. The summed E-state index contributed by atoms with van der Waals surface area (Å²) < 4.78 is 0. The molecule has 2 fully saturated rings. The first-order valence-corrected chi connectivity index (χ1v) is 5.31. The quantitative estimate of drug-likeness (QED) is 0.581. The highest BCUT2D eigenvalue weighted by molar-refractivity contribution is 4.97. The minimum atomic E-state index is 0.986. The van der Waals surface area contributed by atoms with Gasteiger partial charge in [-0.3, -0.25) is 0 Å². The maximum absolute atomic E-state index is 2.41. The average molecular weight is 152 g/mol. The Balaban J connectivity index is 1.77. The van der Waals surface area contributed by atoms with Crippen molar-refractivity contribution in [1.82, 2.24) is 0 Å². The van der Waals surface area contributed by atoms with E-state index in [0.717, 1.165) is 11.8 Å². The van der Waals surface area contributed by atoms with Crippen molar-refractivity contribution < 1.29 is 0 Å². The molecule has 0 heteroatoms. The van der Waals surface area contributed by atoms with Crippen LogP contribution in [0.1, 0.15) is 46.0 Å². The minimum Gasteiger partial charge on any atom is -0.0651 e. The molecule has 0 spiro atoms. The third-order valence-electron chi connectivity index (χ3n) is 3.89. The largest absolute Gasteiger partial charge is 0.0651 e. The summed E-state index contributed by atoms with van der Waals surface area (Å²) in [4.78, 5) is 0. The smallest absolute Gasteiger partial charge is 0.0354 e. The third-order valence-corrected chi connectivity index (χ3v) is 3.89. The highest BCUT2D eigenvalue weighted by Crippen LogP contribution is 2.57. The van der Waals surface area contributed by atoms with E-state index < -0.39 is 0 Å². The van der Waals surface area contributed by atoms with Crippen LogP contribution in [0.15, 0.2) is 0 Å². The van der Waals surface area contributed by atoms with Gasteiger partial charge < -0.3 is 0 Å². The van der Waals surface area contributed by atoms with E-state index in [1.165, 1.54) is 24.7 Å². The first-order chi connectivity index (χ1) is 5.31. The normalized spacial score (nSPS) is 43.6. The van der Waals surface area contributed by atoms with E-state index in [1.807, 2.05) is 0 Å². The number of rotatable bonds is 3. The molecule has 0 saturated heterocycles. The van der Waals surface area contributed by atoms with E-state index in [4.69, 9.17) is 0 Å². The lowest BCUT2D eigenvalue weighted by Gasteiger charge is -2.15. The van der Waals surface area contributed by atoms with E-state index in [-0.39, 0.29) is 0 Å². The maximum Gasteiger partial charge on any atom is -0.0354 e. The predicted molar refractivity (Wildman–Crippen MR) is 48.4 cm³/mol. The van der Waals surface area contributed by atoms with Crippen LogP contribution in [0.4, 0.5) is 0 Å². The molecule has 0 amide bonds. The van der Waals surface area contributed by atoms with Crippen LogP contribution < -0.4 is 0 Å². The molecule has 0 aliphatic heterocycles. The van der Waals surface area contributed by atoms with Gasteiger partial charge in [-0.25, -0.2) is 0 Å². The highest BCUT2D eigenvalue weighted by atomic mass is 14.5. The minimum absolute atomic E-state index is 0.986. The molecule has 0 N–H and O–H groups in total. The Hall–Kier alpha value is 0. The number of hydrogen-bond donors (Lipinski definition) is 0. The molecule has 2 saturated carbocycles. The van der Waals surface area contributed by atoms with Crippen LogP contribution in [0.3, 0.4) is 0 Å². The summed E-state index contributed by atoms with van der Waals surface area (Å²) in [5.41, 5.74) is 0. The van der Waals surface area contributed by atoms with E-state index >= 15 is 0 Å². The molecule has 2 aliphatic rings. The van der Waals surface area contributed by atoms with Crippen LogP contribution in [-0.2, 0) is 0 Å². The van der Waals surface area contributed by atoms with Gasteiger partial charge in [0.1, 0.15) is 0 Å². The van der Waals surface area contributed by atoms with Crippen molar-refractivity contribution in [1.29, 1.82) is 0 Å². The van der Waals surface area contributed by atoms with Crippen LogP contribution in [0.5, 0.6) is 0 Å². The fraction of sp³-hybridized carbons (Fsp3) is 1.00. The fourth-order valence-corrected chi connectivity index (χ4v) is 2.80. The van der Waals surface area contributed by atoms with Crippen LogP contribution in [-0.4, -0.2) is 0 Å². The standard InChI is InChI=1S/C11H20/c1-3-8(2)6-9-4-5-10-7-11(9)10/h8-11H,3-7H2,1-2H3. The third kappa shape index (κ3) is 1.45. The monoisotopic (exact) mass is 152 g/mol. The van der Waals surface area contributed by atoms with E-state index in [2.05, 4.69) is 13.8 Å². The predicted octanol–water partition coefficient (Wildman–Crippen LogP) is 3.47. The van der Waals surface area contributed by atoms with Gasteiger partial charge in [0.05, 0.1) is 0 Å². The van der Waals surface area contributed by atoms with Gasteiger partial charge in [0.2, 0.25) is 0 Å². The van der Waals surface area contributed by atoms with Crippen molar-refractivity contribution in [2.24, 2.45) is 23.7 Å². The summed E-state index contributed by atoms with van der Waals surface area (Å²) >= 11 is 0. The van der Waals surface area contributed by atoms with Gasteiger partial charge in [-0.05, 0) is 49.4 Å². The van der Waals surface area contributed by atoms with Crippen molar-refractivity contribution in [2.75, 3.05) is 0 Å². The zero-order valence-electron chi connectivity index (χ0n) is 7.84. The molecule has 0 radical (unpaired) electrons. The molecular formula is C11H20. The van der Waals surface area contributed by atoms with Crippen LogP contribution in [0, 0.1) is 23.7 Å². The maximum atomic E-state index is 2.41. The first kappa shape index (κ1) is 7.64. The van der Waals surface area contributed by atoms with Crippen molar-refractivity contribution in [3.63, 3.8) is 0 Å². The van der Waals surface area contributed by atoms with Gasteiger partial charge >= 0.3 is 0 Å². The van der Waals surface area contributed by atoms with Gasteiger partial charge in [-0.1, -0.05) is 20.3 Å². The summed E-state index contributed by atoms with van der Waals surface area (Å²) in [6.45, 7) is 4.74. The Labute approximate surface area is 70.4 Å². The first-order valence-electron chi connectivity index (χ1n) is 5.31. The zero-order chi connectivity index (χ0) is 7.84. The van der Waals surface area contributed by atoms with E-state index in [0.29, 0.717) is 0 Å². The highest BCUT2D eigenvalue weighted by Gasteiger charge is 2.47. The van der Waals surface area contributed by atoms with Crippen LogP contribution in [0.2, 0.25) is 0 Å². The van der Waals surface area contributed by atoms with Crippen molar-refractivity contribution in [3.05, 3.63) is 0 Å². The lowest BCUT2D eigenvalue weighted by molar-refractivity contribution is 0.357. The van der Waals surface area contributed by atoms with E-state index in [1.54, 1.807) is 19.3 Å². The Morgan fingerprint density at radius 1 is 1.36 bits per heavy atom. The van der Waals surface area contributed by atoms with Crippen LogP contribution >= 0.6 is 0 Å². The molecule has 4 atom stereocenters.